The summed E-state index contributed by atoms with van der Waals surface area (Å²) in [7, 11) is 1.77. The predicted molar refractivity (Wildman–Crippen MR) is 75.2 cm³/mol. The van der Waals surface area contributed by atoms with Crippen molar-refractivity contribution in [3.8, 4) is 0 Å². The minimum Gasteiger partial charge on any atom is -0.316 e. The van der Waals surface area contributed by atoms with Crippen LogP contribution in [0.3, 0.4) is 0 Å². The monoisotopic (exact) mass is 279 g/mol. The van der Waals surface area contributed by atoms with Crippen molar-refractivity contribution in [2.45, 2.75) is 19.3 Å². The summed E-state index contributed by atoms with van der Waals surface area (Å²) in [4.78, 5) is 1.48. The van der Waals surface area contributed by atoms with Crippen molar-refractivity contribution >= 4 is 11.6 Å². The van der Waals surface area contributed by atoms with Crippen molar-refractivity contribution in [3.63, 3.8) is 0 Å². The van der Waals surface area contributed by atoms with E-state index in [0.717, 1.165) is 30.4 Å². The SMILES string of the molecule is CCNCC(Cc1nnn(C)n1)c1cccc(Cl)c1. The number of tetrazole rings is 1. The molecule has 5 nitrogen and oxygen atoms in total. The molecule has 1 aromatic heterocycles. The number of hydrogen-bond acceptors (Lipinski definition) is 4. The Bertz CT molecular complexity index is 525. The summed E-state index contributed by atoms with van der Waals surface area (Å²) in [6.45, 7) is 3.90. The van der Waals surface area contributed by atoms with E-state index in [4.69, 9.17) is 11.6 Å². The normalized spacial score (nSPS) is 12.6. The fraction of sp³-hybridized carbons (Fsp3) is 0.462. The molecule has 1 unspecified atom stereocenters. The van der Waals surface area contributed by atoms with Crippen LogP contribution in [0.2, 0.25) is 5.02 Å². The first kappa shape index (κ1) is 14.0. The molecule has 1 aromatic carbocycles. The van der Waals surface area contributed by atoms with E-state index in [0.29, 0.717) is 5.92 Å². The van der Waals surface area contributed by atoms with Crippen molar-refractivity contribution in [1.82, 2.24) is 25.5 Å². The van der Waals surface area contributed by atoms with Gasteiger partial charge in [0.25, 0.3) is 0 Å². The lowest BCUT2D eigenvalue weighted by atomic mass is 9.95. The van der Waals surface area contributed by atoms with Crippen LogP contribution < -0.4 is 5.32 Å². The number of likely N-dealkylation sites (N-methyl/N-ethyl adjacent to an activating group) is 1. The maximum absolute atomic E-state index is 6.06. The zero-order chi connectivity index (χ0) is 13.7. The molecule has 0 bridgehead atoms. The molecule has 1 atom stereocenters. The quantitative estimate of drug-likeness (QED) is 0.876. The summed E-state index contributed by atoms with van der Waals surface area (Å²) >= 11 is 6.06. The molecule has 6 heteroatoms. The van der Waals surface area contributed by atoms with Crippen molar-refractivity contribution < 1.29 is 0 Å². The molecule has 19 heavy (non-hydrogen) atoms. The molecule has 2 rings (SSSR count). The van der Waals surface area contributed by atoms with Gasteiger partial charge >= 0.3 is 0 Å². The third kappa shape index (κ3) is 4.01. The van der Waals surface area contributed by atoms with Crippen LogP contribution >= 0.6 is 11.6 Å². The van der Waals surface area contributed by atoms with Crippen LogP contribution in [0.4, 0.5) is 0 Å². The summed E-state index contributed by atoms with van der Waals surface area (Å²) in [5.41, 5.74) is 1.20. The molecule has 0 amide bonds. The van der Waals surface area contributed by atoms with Gasteiger partial charge in [0, 0.05) is 23.9 Å². The highest BCUT2D eigenvalue weighted by molar-refractivity contribution is 6.30. The first-order valence-corrected chi connectivity index (χ1v) is 6.76. The lowest BCUT2D eigenvalue weighted by molar-refractivity contribution is 0.578. The van der Waals surface area contributed by atoms with Crippen molar-refractivity contribution in [3.05, 3.63) is 40.7 Å². The van der Waals surface area contributed by atoms with Gasteiger partial charge in [0.2, 0.25) is 0 Å². The highest BCUT2D eigenvalue weighted by Gasteiger charge is 2.15. The fourth-order valence-electron chi connectivity index (χ4n) is 2.01. The van der Waals surface area contributed by atoms with E-state index >= 15 is 0 Å². The van der Waals surface area contributed by atoms with Gasteiger partial charge in [-0.15, -0.1) is 10.2 Å². The van der Waals surface area contributed by atoms with Gasteiger partial charge in [0.05, 0.1) is 7.05 Å². The van der Waals surface area contributed by atoms with Gasteiger partial charge in [-0.3, -0.25) is 0 Å². The summed E-state index contributed by atoms with van der Waals surface area (Å²) in [5, 5.41) is 16.3. The summed E-state index contributed by atoms with van der Waals surface area (Å²) in [5.74, 6) is 1.05. The Morgan fingerprint density at radius 2 is 2.26 bits per heavy atom. The molecule has 0 aliphatic rings. The predicted octanol–water partition coefficient (Wildman–Crippen LogP) is 1.80. The average Bonchev–Trinajstić information content (AvgIpc) is 2.80. The van der Waals surface area contributed by atoms with Crippen LogP contribution in [0.1, 0.15) is 24.2 Å². The number of hydrogen-bond donors (Lipinski definition) is 1. The van der Waals surface area contributed by atoms with Crippen LogP contribution in [0.25, 0.3) is 0 Å². The van der Waals surface area contributed by atoms with Gasteiger partial charge in [-0.1, -0.05) is 30.7 Å². The molecule has 0 aliphatic carbocycles. The van der Waals surface area contributed by atoms with Gasteiger partial charge in [-0.25, -0.2) is 0 Å². The molecule has 0 spiro atoms. The Morgan fingerprint density at radius 3 is 2.89 bits per heavy atom. The molecule has 0 fully saturated rings. The van der Waals surface area contributed by atoms with Crippen LogP contribution in [-0.2, 0) is 13.5 Å². The van der Waals surface area contributed by atoms with Crippen LogP contribution in [0.5, 0.6) is 0 Å². The van der Waals surface area contributed by atoms with E-state index in [1.807, 2.05) is 18.2 Å². The second-order valence-electron chi connectivity index (χ2n) is 4.46. The number of rotatable bonds is 6. The zero-order valence-corrected chi connectivity index (χ0v) is 11.9. The van der Waals surface area contributed by atoms with Crippen LogP contribution in [0, 0.1) is 0 Å². The molecular formula is C13H18ClN5. The van der Waals surface area contributed by atoms with E-state index in [2.05, 4.69) is 33.7 Å². The number of halogens is 1. The summed E-state index contributed by atoms with van der Waals surface area (Å²) < 4.78 is 0. The third-order valence-electron chi connectivity index (χ3n) is 2.94. The minimum atomic E-state index is 0.294. The molecule has 0 saturated heterocycles. The molecule has 1 heterocycles. The third-order valence-corrected chi connectivity index (χ3v) is 3.17. The fourth-order valence-corrected chi connectivity index (χ4v) is 2.21. The van der Waals surface area contributed by atoms with E-state index in [1.54, 1.807) is 7.05 Å². The van der Waals surface area contributed by atoms with Crippen molar-refractivity contribution in [1.29, 1.82) is 0 Å². The van der Waals surface area contributed by atoms with Gasteiger partial charge in [0.15, 0.2) is 5.82 Å². The van der Waals surface area contributed by atoms with E-state index < -0.39 is 0 Å². The minimum absolute atomic E-state index is 0.294. The maximum Gasteiger partial charge on any atom is 0.175 e. The Balaban J connectivity index is 2.15. The standard InChI is InChI=1S/C13H18ClN5/c1-3-15-9-11(8-13-16-18-19(2)17-13)10-5-4-6-12(14)7-10/h4-7,11,15H,3,8-9H2,1-2H3. The van der Waals surface area contributed by atoms with Gasteiger partial charge in [-0.2, -0.15) is 4.80 Å². The highest BCUT2D eigenvalue weighted by atomic mass is 35.5. The second kappa shape index (κ2) is 6.63. The Labute approximate surface area is 118 Å². The van der Waals surface area contributed by atoms with Crippen LogP contribution in [0.15, 0.2) is 24.3 Å². The van der Waals surface area contributed by atoms with Crippen molar-refractivity contribution in [2.75, 3.05) is 13.1 Å². The topological polar surface area (TPSA) is 55.6 Å². The molecule has 102 valence electrons. The smallest absolute Gasteiger partial charge is 0.175 e. The summed E-state index contributed by atoms with van der Waals surface area (Å²) in [6, 6.07) is 7.95. The average molecular weight is 280 g/mol. The zero-order valence-electron chi connectivity index (χ0n) is 11.2. The number of aryl methyl sites for hydroxylation is 1. The first-order valence-electron chi connectivity index (χ1n) is 6.38. The molecule has 0 saturated carbocycles. The van der Waals surface area contributed by atoms with Crippen LogP contribution in [-0.4, -0.2) is 33.3 Å². The van der Waals surface area contributed by atoms with Gasteiger partial charge < -0.3 is 5.32 Å². The number of nitrogens with one attached hydrogen (secondary N) is 1. The van der Waals surface area contributed by atoms with E-state index in [9.17, 15) is 0 Å². The Hall–Kier alpha value is -1.46. The molecule has 0 aliphatic heterocycles. The molecule has 0 radical (unpaired) electrons. The van der Waals surface area contributed by atoms with Gasteiger partial charge in [-0.05, 0) is 29.5 Å². The number of benzene rings is 1. The van der Waals surface area contributed by atoms with E-state index in [1.165, 1.54) is 10.4 Å². The molecule has 1 N–H and O–H groups in total. The van der Waals surface area contributed by atoms with E-state index in [-0.39, 0.29) is 0 Å². The lowest BCUT2D eigenvalue weighted by Crippen LogP contribution is -2.23. The highest BCUT2D eigenvalue weighted by Crippen LogP contribution is 2.22. The van der Waals surface area contributed by atoms with Crippen molar-refractivity contribution in [2.24, 2.45) is 7.05 Å². The molecular weight excluding hydrogens is 262 g/mol. The molecule has 2 aromatic rings. The largest absolute Gasteiger partial charge is 0.316 e. The maximum atomic E-state index is 6.06. The van der Waals surface area contributed by atoms with Gasteiger partial charge in [0.1, 0.15) is 0 Å². The number of aromatic nitrogens is 4. The lowest BCUT2D eigenvalue weighted by Gasteiger charge is -2.16. The first-order chi connectivity index (χ1) is 9.19. The Kier molecular flexibility index (Phi) is 4.87. The summed E-state index contributed by atoms with van der Waals surface area (Å²) in [6.07, 6.45) is 0.751. The Morgan fingerprint density at radius 1 is 1.42 bits per heavy atom. The second-order valence-corrected chi connectivity index (χ2v) is 4.90. The number of nitrogens with zero attached hydrogens (tertiary/aromatic N) is 4.